The maximum Gasteiger partial charge on any atom is 0.138 e. The van der Waals surface area contributed by atoms with E-state index in [1.165, 1.54) is 18.4 Å². The summed E-state index contributed by atoms with van der Waals surface area (Å²) in [5, 5.41) is 3.47. The Kier molecular flexibility index (Phi) is 6.93. The zero-order valence-electron chi connectivity index (χ0n) is 13.0. The standard InChI is InChI=1S/C17H27FN2O/c1-14(17-8-6-10-20-17)21-16-11-15(12-19-13-16)7-4-2-3-5-9-18/h11-14,17,20H,2-10H2,1H3/t14?,17-/m0/s1. The summed E-state index contributed by atoms with van der Waals surface area (Å²) in [5.74, 6) is 0.859. The van der Waals surface area contributed by atoms with Crippen molar-refractivity contribution >= 4 is 0 Å². The van der Waals surface area contributed by atoms with Gasteiger partial charge in [0.25, 0.3) is 0 Å². The van der Waals surface area contributed by atoms with Gasteiger partial charge in [-0.15, -0.1) is 0 Å². The van der Waals surface area contributed by atoms with Gasteiger partial charge < -0.3 is 10.1 Å². The van der Waals surface area contributed by atoms with Gasteiger partial charge in [-0.1, -0.05) is 12.8 Å². The van der Waals surface area contributed by atoms with Crippen molar-refractivity contribution in [3.63, 3.8) is 0 Å². The van der Waals surface area contributed by atoms with Gasteiger partial charge in [-0.25, -0.2) is 0 Å². The van der Waals surface area contributed by atoms with Crippen molar-refractivity contribution in [3.05, 3.63) is 24.0 Å². The maximum atomic E-state index is 12.0. The average molecular weight is 294 g/mol. The van der Waals surface area contributed by atoms with Crippen molar-refractivity contribution < 1.29 is 9.13 Å². The summed E-state index contributed by atoms with van der Waals surface area (Å²) in [4.78, 5) is 4.27. The van der Waals surface area contributed by atoms with Gasteiger partial charge in [0.15, 0.2) is 0 Å². The molecule has 0 bridgehead atoms. The first kappa shape index (κ1) is 16.2. The highest BCUT2D eigenvalue weighted by Crippen LogP contribution is 2.19. The molecule has 21 heavy (non-hydrogen) atoms. The predicted octanol–water partition coefficient (Wildman–Crippen LogP) is 3.67. The molecular formula is C17H27FN2O. The second-order valence-electron chi connectivity index (χ2n) is 5.91. The second kappa shape index (κ2) is 8.98. The van der Waals surface area contributed by atoms with Crippen LogP contribution in [-0.4, -0.2) is 30.3 Å². The highest BCUT2D eigenvalue weighted by atomic mass is 19.1. The van der Waals surface area contributed by atoms with Crippen LogP contribution in [0.2, 0.25) is 0 Å². The first-order valence-electron chi connectivity index (χ1n) is 8.19. The minimum absolute atomic E-state index is 0.175. The topological polar surface area (TPSA) is 34.1 Å². The normalized spacial score (nSPS) is 19.6. The lowest BCUT2D eigenvalue weighted by Crippen LogP contribution is -2.36. The van der Waals surface area contributed by atoms with Crippen LogP contribution in [0.25, 0.3) is 0 Å². The quantitative estimate of drug-likeness (QED) is 0.706. The number of ether oxygens (including phenoxy) is 1. The summed E-state index contributed by atoms with van der Waals surface area (Å²) in [5.41, 5.74) is 1.21. The monoisotopic (exact) mass is 294 g/mol. The van der Waals surface area contributed by atoms with Gasteiger partial charge >= 0.3 is 0 Å². The van der Waals surface area contributed by atoms with E-state index in [1.807, 2.05) is 6.20 Å². The van der Waals surface area contributed by atoms with Crippen LogP contribution in [0.4, 0.5) is 4.39 Å². The van der Waals surface area contributed by atoms with Gasteiger partial charge in [-0.3, -0.25) is 9.37 Å². The number of alkyl halides is 1. The van der Waals surface area contributed by atoms with Gasteiger partial charge in [0, 0.05) is 12.2 Å². The van der Waals surface area contributed by atoms with Crippen molar-refractivity contribution in [2.75, 3.05) is 13.2 Å². The van der Waals surface area contributed by atoms with Crippen LogP contribution in [0.5, 0.6) is 5.75 Å². The van der Waals surface area contributed by atoms with E-state index in [0.29, 0.717) is 12.5 Å². The van der Waals surface area contributed by atoms with Gasteiger partial charge in [0.1, 0.15) is 11.9 Å². The summed E-state index contributed by atoms with van der Waals surface area (Å²) in [6.07, 6.45) is 11.1. The lowest BCUT2D eigenvalue weighted by Gasteiger charge is -2.21. The molecule has 1 aliphatic heterocycles. The molecule has 0 aliphatic carbocycles. The molecule has 1 aromatic heterocycles. The molecule has 0 radical (unpaired) electrons. The predicted molar refractivity (Wildman–Crippen MR) is 83.5 cm³/mol. The molecule has 1 aromatic rings. The number of rotatable bonds is 9. The first-order chi connectivity index (χ1) is 10.3. The third kappa shape index (κ3) is 5.62. The van der Waals surface area contributed by atoms with E-state index in [0.717, 1.165) is 38.0 Å². The molecule has 0 aromatic carbocycles. The Morgan fingerprint density at radius 3 is 2.95 bits per heavy atom. The van der Waals surface area contributed by atoms with E-state index in [1.54, 1.807) is 6.20 Å². The van der Waals surface area contributed by atoms with Crippen molar-refractivity contribution in [1.82, 2.24) is 10.3 Å². The summed E-state index contributed by atoms with van der Waals surface area (Å²) in [6, 6.07) is 2.54. The second-order valence-corrected chi connectivity index (χ2v) is 5.91. The highest BCUT2D eigenvalue weighted by Gasteiger charge is 2.22. The fourth-order valence-corrected chi connectivity index (χ4v) is 2.85. The van der Waals surface area contributed by atoms with Gasteiger partial charge in [0.05, 0.1) is 12.9 Å². The summed E-state index contributed by atoms with van der Waals surface area (Å²) in [6.45, 7) is 3.01. The van der Waals surface area contributed by atoms with Gasteiger partial charge in [-0.2, -0.15) is 0 Å². The molecule has 1 saturated heterocycles. The van der Waals surface area contributed by atoms with Crippen LogP contribution in [-0.2, 0) is 6.42 Å². The Morgan fingerprint density at radius 2 is 2.19 bits per heavy atom. The number of hydrogen-bond donors (Lipinski definition) is 1. The molecule has 2 heterocycles. The van der Waals surface area contributed by atoms with E-state index in [4.69, 9.17) is 4.74 Å². The number of unbranched alkanes of at least 4 members (excludes halogenated alkanes) is 3. The Labute approximate surface area is 127 Å². The highest BCUT2D eigenvalue weighted by molar-refractivity contribution is 5.24. The van der Waals surface area contributed by atoms with Crippen LogP contribution >= 0.6 is 0 Å². The molecule has 1 aliphatic rings. The van der Waals surface area contributed by atoms with Crippen LogP contribution in [0.1, 0.15) is 51.0 Å². The molecule has 2 rings (SSSR count). The van der Waals surface area contributed by atoms with Crippen molar-refractivity contribution in [1.29, 1.82) is 0 Å². The van der Waals surface area contributed by atoms with Crippen LogP contribution in [0.3, 0.4) is 0 Å². The number of pyridine rings is 1. The number of halogens is 1. The molecule has 1 unspecified atom stereocenters. The molecule has 2 atom stereocenters. The van der Waals surface area contributed by atoms with E-state index in [-0.39, 0.29) is 12.8 Å². The lowest BCUT2D eigenvalue weighted by molar-refractivity contribution is 0.179. The summed E-state index contributed by atoms with van der Waals surface area (Å²) >= 11 is 0. The van der Waals surface area contributed by atoms with Crippen LogP contribution in [0, 0.1) is 0 Å². The Bertz CT molecular complexity index is 408. The van der Waals surface area contributed by atoms with Crippen molar-refractivity contribution in [2.45, 2.75) is 64.0 Å². The number of hydrogen-bond acceptors (Lipinski definition) is 3. The molecular weight excluding hydrogens is 267 g/mol. The van der Waals surface area contributed by atoms with Crippen molar-refractivity contribution in [2.24, 2.45) is 0 Å². The fourth-order valence-electron chi connectivity index (χ4n) is 2.85. The molecule has 3 nitrogen and oxygen atoms in total. The van der Waals surface area contributed by atoms with Crippen LogP contribution in [0.15, 0.2) is 18.5 Å². The Hall–Kier alpha value is -1.16. The largest absolute Gasteiger partial charge is 0.487 e. The molecule has 0 saturated carbocycles. The number of aryl methyl sites for hydroxylation is 1. The Morgan fingerprint density at radius 1 is 1.33 bits per heavy atom. The molecule has 1 N–H and O–H groups in total. The van der Waals surface area contributed by atoms with E-state index in [2.05, 4.69) is 23.3 Å². The third-order valence-corrected chi connectivity index (χ3v) is 4.11. The van der Waals surface area contributed by atoms with E-state index in [9.17, 15) is 4.39 Å². The smallest absolute Gasteiger partial charge is 0.138 e. The third-order valence-electron chi connectivity index (χ3n) is 4.11. The van der Waals surface area contributed by atoms with Gasteiger partial charge in [0.2, 0.25) is 0 Å². The molecule has 4 heteroatoms. The average Bonchev–Trinajstić information content (AvgIpc) is 3.02. The zero-order valence-corrected chi connectivity index (χ0v) is 13.0. The minimum Gasteiger partial charge on any atom is -0.487 e. The number of aromatic nitrogens is 1. The molecule has 1 fully saturated rings. The summed E-state index contributed by atoms with van der Waals surface area (Å²) in [7, 11) is 0. The number of nitrogens with zero attached hydrogens (tertiary/aromatic N) is 1. The van der Waals surface area contributed by atoms with E-state index < -0.39 is 0 Å². The van der Waals surface area contributed by atoms with E-state index >= 15 is 0 Å². The molecule has 0 spiro atoms. The molecule has 118 valence electrons. The van der Waals surface area contributed by atoms with Gasteiger partial charge in [-0.05, 0) is 57.2 Å². The SMILES string of the molecule is CC(Oc1cncc(CCCCCCF)c1)[C@@H]1CCCN1. The summed E-state index contributed by atoms with van der Waals surface area (Å²) < 4.78 is 18.0. The first-order valence-corrected chi connectivity index (χ1v) is 8.19. The zero-order chi connectivity index (χ0) is 14.9. The Balaban J connectivity index is 1.77. The minimum atomic E-state index is -0.196. The number of nitrogens with one attached hydrogen (secondary N) is 1. The van der Waals surface area contributed by atoms with Crippen molar-refractivity contribution in [3.8, 4) is 5.75 Å². The van der Waals surface area contributed by atoms with Crippen LogP contribution < -0.4 is 10.1 Å². The maximum absolute atomic E-state index is 12.0. The molecule has 0 amide bonds. The lowest BCUT2D eigenvalue weighted by atomic mass is 10.1. The fraction of sp³-hybridized carbons (Fsp3) is 0.706.